The largest absolute Gasteiger partial charge is 0.504 e. The molecule has 260 valence electrons. The Morgan fingerprint density at radius 1 is 1.06 bits per heavy atom. The Balaban J connectivity index is 1.19. The summed E-state index contributed by atoms with van der Waals surface area (Å²) in [5, 5.41) is 30.1. The van der Waals surface area contributed by atoms with Crippen LogP contribution in [0, 0.1) is 5.92 Å². The molecule has 3 aliphatic carbocycles. The highest BCUT2D eigenvalue weighted by molar-refractivity contribution is 6.02. The first-order valence-electron chi connectivity index (χ1n) is 17.3. The van der Waals surface area contributed by atoms with Crippen molar-refractivity contribution < 1.29 is 34.0 Å². The molecule has 49 heavy (non-hydrogen) atoms. The maximum Gasteiger partial charge on any atom is 0.414 e. The van der Waals surface area contributed by atoms with Crippen molar-refractivity contribution in [2.24, 2.45) is 10.9 Å². The number of fused-ring (bicyclic) bond motifs is 4. The lowest BCUT2D eigenvalue weighted by Gasteiger charge is -2.62. The number of carbonyl (C=O) groups excluding carboxylic acids is 2. The van der Waals surface area contributed by atoms with Crippen LogP contribution < -0.4 is 15.4 Å². The summed E-state index contributed by atoms with van der Waals surface area (Å²) in [5.74, 6) is 1.12. The molecule has 3 aromatic rings. The van der Waals surface area contributed by atoms with E-state index >= 15 is 0 Å². The molecule has 1 saturated heterocycles. The fourth-order valence-electron chi connectivity index (χ4n) is 8.70. The second-order valence-electron chi connectivity index (χ2n) is 16.4. The van der Waals surface area contributed by atoms with Crippen LogP contribution in [0.15, 0.2) is 35.3 Å². The number of rotatable bonds is 3. The summed E-state index contributed by atoms with van der Waals surface area (Å²) in [6, 6.07) is 9.23. The van der Waals surface area contributed by atoms with Crippen LogP contribution in [0.1, 0.15) is 89.3 Å². The van der Waals surface area contributed by atoms with Crippen molar-refractivity contribution in [3.05, 3.63) is 52.7 Å². The molecule has 5 aliphatic rings. The first-order valence-corrected chi connectivity index (χ1v) is 17.3. The lowest BCUT2D eigenvalue weighted by atomic mass is 9.49. The molecule has 2 fully saturated rings. The molecule has 2 amide bonds. The smallest absolute Gasteiger partial charge is 0.414 e. The molecule has 5 N–H and O–H groups in total. The zero-order valence-corrected chi connectivity index (χ0v) is 28.9. The van der Waals surface area contributed by atoms with Gasteiger partial charge in [0, 0.05) is 35.5 Å². The monoisotopic (exact) mass is 671 g/mol. The third kappa shape index (κ3) is 5.22. The number of guanidine groups is 1. The molecule has 1 saturated carbocycles. The van der Waals surface area contributed by atoms with E-state index in [0.717, 1.165) is 52.8 Å². The number of nitrogens with one attached hydrogen (secondary N) is 3. The Morgan fingerprint density at radius 3 is 2.41 bits per heavy atom. The normalized spacial score (nSPS) is 26.7. The standard InChI is InChI=1S/C37H45N5O7/c1-34(2,3)48-32(44)40-31(41-33(45)49-35(4,5)6)38-21-10-11-22-23-17-37(46)26-15-20-9-12-25(43)29-27(20)36(37,13-14-42(26)18-19-7-8-19)30(47-29)28(23)39-24(22)16-21/h9-12,16,19,26,30,39,43,46H,7-8,13-15,17-18H2,1-6H3,(H2,38,40,41,44,45)/t26-,30-,36-,37+/m0/s1. The molecule has 4 atom stereocenters. The summed E-state index contributed by atoms with van der Waals surface area (Å²) < 4.78 is 17.5. The molecule has 3 heterocycles. The summed E-state index contributed by atoms with van der Waals surface area (Å²) in [5.41, 5.74) is 1.87. The predicted molar refractivity (Wildman–Crippen MR) is 182 cm³/mol. The molecule has 2 aromatic carbocycles. The lowest BCUT2D eigenvalue weighted by molar-refractivity contribution is -0.173. The van der Waals surface area contributed by atoms with Crippen LogP contribution in [0.2, 0.25) is 0 Å². The topological polar surface area (TPSA) is 158 Å². The van der Waals surface area contributed by atoms with Gasteiger partial charge < -0.3 is 29.4 Å². The van der Waals surface area contributed by atoms with Crippen molar-refractivity contribution in [2.45, 2.75) is 108 Å². The lowest BCUT2D eigenvalue weighted by Crippen LogP contribution is -2.74. The summed E-state index contributed by atoms with van der Waals surface area (Å²) in [7, 11) is 0. The molecular weight excluding hydrogens is 626 g/mol. The fourth-order valence-corrected chi connectivity index (χ4v) is 8.70. The van der Waals surface area contributed by atoms with Gasteiger partial charge in [-0.2, -0.15) is 0 Å². The van der Waals surface area contributed by atoms with Crippen LogP contribution in [-0.2, 0) is 27.7 Å². The van der Waals surface area contributed by atoms with Gasteiger partial charge in [0.25, 0.3) is 0 Å². The summed E-state index contributed by atoms with van der Waals surface area (Å²) in [6.45, 7) is 12.3. The van der Waals surface area contributed by atoms with Gasteiger partial charge in [0.15, 0.2) is 17.6 Å². The third-order valence-corrected chi connectivity index (χ3v) is 10.6. The van der Waals surface area contributed by atoms with Gasteiger partial charge in [-0.25, -0.2) is 14.6 Å². The number of hydrogen-bond donors (Lipinski definition) is 5. The van der Waals surface area contributed by atoms with Crippen LogP contribution in [0.5, 0.6) is 11.5 Å². The number of likely N-dealkylation sites (tertiary alicyclic amines) is 1. The molecule has 0 radical (unpaired) electrons. The highest BCUT2D eigenvalue weighted by Crippen LogP contribution is 2.69. The number of H-pyrrole nitrogens is 1. The molecule has 8 rings (SSSR count). The van der Waals surface area contributed by atoms with Gasteiger partial charge in [-0.05, 0) is 109 Å². The number of phenolic OH excluding ortho intramolecular Hbond substituents is 1. The molecular formula is C37H45N5O7. The van der Waals surface area contributed by atoms with E-state index in [1.165, 1.54) is 12.8 Å². The van der Waals surface area contributed by atoms with E-state index in [1.54, 1.807) is 53.7 Å². The Hall–Kier alpha value is -4.29. The highest BCUT2D eigenvalue weighted by Gasteiger charge is 2.72. The van der Waals surface area contributed by atoms with Crippen LogP contribution in [0.4, 0.5) is 15.3 Å². The first-order chi connectivity index (χ1) is 23.0. The fraction of sp³-hybridized carbons (Fsp3) is 0.541. The van der Waals surface area contributed by atoms with E-state index in [2.05, 4.69) is 25.5 Å². The van der Waals surface area contributed by atoms with Crippen molar-refractivity contribution in [3.8, 4) is 11.5 Å². The number of aromatic amines is 1. The van der Waals surface area contributed by atoms with Gasteiger partial charge in [0.2, 0.25) is 5.96 Å². The second-order valence-corrected chi connectivity index (χ2v) is 16.4. The molecule has 12 heteroatoms. The number of piperidine rings is 1. The minimum atomic E-state index is -1.10. The van der Waals surface area contributed by atoms with Crippen molar-refractivity contribution in [2.75, 3.05) is 13.1 Å². The van der Waals surface area contributed by atoms with Gasteiger partial charge in [-0.3, -0.25) is 15.5 Å². The second kappa shape index (κ2) is 10.6. The Bertz CT molecular complexity index is 1890. The van der Waals surface area contributed by atoms with Crippen LogP contribution in [0.25, 0.3) is 10.9 Å². The quantitative estimate of drug-likeness (QED) is 0.178. The number of hydrogen-bond acceptors (Lipinski definition) is 9. The van der Waals surface area contributed by atoms with Crippen molar-refractivity contribution >= 4 is 34.7 Å². The van der Waals surface area contributed by atoms with Gasteiger partial charge in [0.05, 0.1) is 22.4 Å². The van der Waals surface area contributed by atoms with E-state index in [0.29, 0.717) is 30.2 Å². The Labute approximate surface area is 285 Å². The minimum absolute atomic E-state index is 0.0710. The van der Waals surface area contributed by atoms with E-state index in [4.69, 9.17) is 14.2 Å². The molecule has 2 aliphatic heterocycles. The average molecular weight is 672 g/mol. The molecule has 0 unspecified atom stereocenters. The van der Waals surface area contributed by atoms with Crippen molar-refractivity contribution in [1.29, 1.82) is 0 Å². The summed E-state index contributed by atoms with van der Waals surface area (Å²) in [6.07, 6.45) is 2.29. The number of aromatic nitrogens is 1. The number of nitrogens with zero attached hydrogens (tertiary/aromatic N) is 2. The van der Waals surface area contributed by atoms with Gasteiger partial charge >= 0.3 is 12.2 Å². The average Bonchev–Trinajstić information content (AvgIpc) is 3.62. The number of aromatic hydroxyl groups is 1. The van der Waals surface area contributed by atoms with Gasteiger partial charge in [-0.1, -0.05) is 12.1 Å². The number of carbonyl (C=O) groups is 2. The molecule has 1 aromatic heterocycles. The molecule has 2 bridgehead atoms. The molecule has 1 spiro atoms. The van der Waals surface area contributed by atoms with Crippen molar-refractivity contribution in [1.82, 2.24) is 20.5 Å². The summed E-state index contributed by atoms with van der Waals surface area (Å²) in [4.78, 5) is 36.1. The third-order valence-electron chi connectivity index (χ3n) is 10.6. The minimum Gasteiger partial charge on any atom is -0.504 e. The maximum absolute atomic E-state index is 13.1. The first kappa shape index (κ1) is 31.9. The highest BCUT2D eigenvalue weighted by atomic mass is 16.6. The van der Waals surface area contributed by atoms with Crippen molar-refractivity contribution in [3.63, 3.8) is 0 Å². The number of benzene rings is 2. The SMILES string of the molecule is CC(C)(C)OC(=O)NC(=Nc1ccc2c3c([nH]c2c1)[C@@H]1Oc2c(O)ccc4c2[C@@]12CCN(CC1CC1)[C@@H](C4)[C@]2(O)C3)NC(=O)OC(C)(C)C. The predicted octanol–water partition coefficient (Wildman–Crippen LogP) is 5.61. The zero-order valence-electron chi connectivity index (χ0n) is 28.9. The number of alkyl carbamates (subject to hydrolysis) is 2. The van der Waals surface area contributed by atoms with E-state index in [-0.39, 0.29) is 17.8 Å². The summed E-state index contributed by atoms with van der Waals surface area (Å²) >= 11 is 0. The van der Waals surface area contributed by atoms with E-state index in [9.17, 15) is 19.8 Å². The number of aliphatic hydroxyl groups is 1. The van der Waals surface area contributed by atoms with Gasteiger partial charge in [0.1, 0.15) is 11.2 Å². The number of ether oxygens (including phenoxy) is 3. The Kier molecular flexibility index (Phi) is 6.91. The maximum atomic E-state index is 13.1. The van der Waals surface area contributed by atoms with Crippen LogP contribution in [0.3, 0.4) is 0 Å². The van der Waals surface area contributed by atoms with Gasteiger partial charge in [-0.15, -0.1) is 0 Å². The van der Waals surface area contributed by atoms with E-state index < -0.39 is 40.5 Å². The molecule has 12 nitrogen and oxygen atoms in total. The van der Waals surface area contributed by atoms with Crippen LogP contribution in [-0.4, -0.2) is 74.2 Å². The number of aliphatic imine (C=N–C) groups is 1. The Morgan fingerprint density at radius 2 is 1.76 bits per heavy atom. The number of amides is 2. The van der Waals surface area contributed by atoms with Crippen LogP contribution >= 0.6 is 0 Å². The zero-order chi connectivity index (χ0) is 34.7. The van der Waals surface area contributed by atoms with E-state index in [1.807, 2.05) is 18.2 Å². The number of phenols is 1.